The minimum Gasteiger partial charge on any atom is -0.356 e. The molecular formula is C15H20BrN3O4S. The van der Waals surface area contributed by atoms with Gasteiger partial charge in [-0.2, -0.15) is 4.31 Å². The zero-order valence-electron chi connectivity index (χ0n) is 13.4. The lowest BCUT2D eigenvalue weighted by atomic mass is 10.3. The van der Waals surface area contributed by atoms with Crippen molar-refractivity contribution in [1.82, 2.24) is 14.5 Å². The van der Waals surface area contributed by atoms with Crippen LogP contribution >= 0.6 is 15.9 Å². The fourth-order valence-electron chi connectivity index (χ4n) is 2.44. The van der Waals surface area contributed by atoms with Gasteiger partial charge in [0, 0.05) is 50.5 Å². The Kier molecular flexibility index (Phi) is 6.36. The second kappa shape index (κ2) is 8.09. The molecule has 1 fully saturated rings. The molecule has 132 valence electrons. The van der Waals surface area contributed by atoms with Gasteiger partial charge < -0.3 is 10.2 Å². The zero-order valence-corrected chi connectivity index (χ0v) is 15.8. The normalized spacial score (nSPS) is 16.0. The minimum atomic E-state index is -3.54. The molecule has 2 rings (SSSR count). The van der Waals surface area contributed by atoms with E-state index in [-0.39, 0.29) is 36.2 Å². The van der Waals surface area contributed by atoms with Gasteiger partial charge in [-0.05, 0) is 24.3 Å². The van der Waals surface area contributed by atoms with Crippen molar-refractivity contribution in [2.24, 2.45) is 0 Å². The highest BCUT2D eigenvalue weighted by molar-refractivity contribution is 9.10. The summed E-state index contributed by atoms with van der Waals surface area (Å²) in [6, 6.07) is 6.50. The van der Waals surface area contributed by atoms with Gasteiger partial charge in [0.2, 0.25) is 21.8 Å². The van der Waals surface area contributed by atoms with Crippen LogP contribution in [-0.2, 0) is 19.6 Å². The van der Waals surface area contributed by atoms with Crippen molar-refractivity contribution in [1.29, 1.82) is 0 Å². The summed E-state index contributed by atoms with van der Waals surface area (Å²) in [7, 11) is -3.54. The van der Waals surface area contributed by atoms with E-state index in [4.69, 9.17) is 0 Å². The summed E-state index contributed by atoms with van der Waals surface area (Å²) < 4.78 is 27.4. The molecule has 1 aliphatic heterocycles. The molecule has 0 aliphatic carbocycles. The summed E-state index contributed by atoms with van der Waals surface area (Å²) in [6.45, 7) is 2.94. The van der Waals surface area contributed by atoms with Crippen LogP contribution < -0.4 is 5.32 Å². The molecule has 1 N–H and O–H groups in total. The molecule has 0 aromatic heterocycles. The van der Waals surface area contributed by atoms with E-state index in [1.807, 2.05) is 0 Å². The summed E-state index contributed by atoms with van der Waals surface area (Å²) in [5, 5.41) is 2.58. The van der Waals surface area contributed by atoms with E-state index >= 15 is 0 Å². The predicted molar refractivity (Wildman–Crippen MR) is 92.8 cm³/mol. The molecule has 9 heteroatoms. The topological polar surface area (TPSA) is 86.8 Å². The molecule has 7 nitrogen and oxygen atoms in total. The number of amides is 2. The van der Waals surface area contributed by atoms with Crippen LogP contribution in [0.15, 0.2) is 33.6 Å². The molecule has 0 radical (unpaired) electrons. The van der Waals surface area contributed by atoms with Gasteiger partial charge in [-0.1, -0.05) is 15.9 Å². The van der Waals surface area contributed by atoms with E-state index in [9.17, 15) is 18.0 Å². The average molecular weight is 418 g/mol. The van der Waals surface area contributed by atoms with Gasteiger partial charge in [0.25, 0.3) is 0 Å². The second-order valence-corrected chi connectivity index (χ2v) is 8.33. The number of sulfonamides is 1. The number of rotatable bonds is 5. The van der Waals surface area contributed by atoms with Crippen molar-refractivity contribution in [2.45, 2.75) is 18.2 Å². The minimum absolute atomic E-state index is 0.0792. The first-order chi connectivity index (χ1) is 11.3. The van der Waals surface area contributed by atoms with Gasteiger partial charge >= 0.3 is 0 Å². The van der Waals surface area contributed by atoms with E-state index in [2.05, 4.69) is 21.2 Å². The maximum Gasteiger partial charge on any atom is 0.243 e. The van der Waals surface area contributed by atoms with Crippen LogP contribution in [0.25, 0.3) is 0 Å². The number of halogens is 1. The van der Waals surface area contributed by atoms with E-state index < -0.39 is 10.0 Å². The lowest BCUT2D eigenvalue weighted by Crippen LogP contribution is -2.50. The van der Waals surface area contributed by atoms with Crippen molar-refractivity contribution < 1.29 is 18.0 Å². The van der Waals surface area contributed by atoms with Crippen LogP contribution in [0.1, 0.15) is 13.3 Å². The monoisotopic (exact) mass is 417 g/mol. The Bertz CT molecular complexity index is 698. The molecule has 24 heavy (non-hydrogen) atoms. The number of carbonyl (C=O) groups excluding carboxylic acids is 2. The predicted octanol–water partition coefficient (Wildman–Crippen LogP) is 0.808. The first kappa shape index (κ1) is 18.9. The van der Waals surface area contributed by atoms with Crippen molar-refractivity contribution in [3.8, 4) is 0 Å². The first-order valence-corrected chi connectivity index (χ1v) is 9.82. The van der Waals surface area contributed by atoms with Crippen LogP contribution in [-0.4, -0.2) is 62.2 Å². The SMILES string of the molecule is CC(=O)NCCC(=O)N1CCN(S(=O)(=O)c2ccc(Br)cc2)CC1. The lowest BCUT2D eigenvalue weighted by Gasteiger charge is -2.34. The van der Waals surface area contributed by atoms with Crippen molar-refractivity contribution in [3.05, 3.63) is 28.7 Å². The summed E-state index contributed by atoms with van der Waals surface area (Å²) in [6.07, 6.45) is 0.221. The van der Waals surface area contributed by atoms with Crippen LogP contribution in [0, 0.1) is 0 Å². The Morgan fingerprint density at radius 2 is 1.71 bits per heavy atom. The van der Waals surface area contributed by atoms with Gasteiger partial charge in [-0.15, -0.1) is 0 Å². The second-order valence-electron chi connectivity index (χ2n) is 5.47. The number of nitrogens with zero attached hydrogens (tertiary/aromatic N) is 2. The Labute approximate surface area is 150 Å². The zero-order chi connectivity index (χ0) is 17.7. The van der Waals surface area contributed by atoms with Crippen molar-refractivity contribution >= 4 is 37.8 Å². The number of benzene rings is 1. The number of carbonyl (C=O) groups is 2. The van der Waals surface area contributed by atoms with Crippen LogP contribution in [0.4, 0.5) is 0 Å². The van der Waals surface area contributed by atoms with Crippen molar-refractivity contribution in [3.63, 3.8) is 0 Å². The van der Waals surface area contributed by atoms with Crippen LogP contribution in [0.5, 0.6) is 0 Å². The molecule has 1 aliphatic rings. The van der Waals surface area contributed by atoms with Gasteiger partial charge in [0.1, 0.15) is 0 Å². The van der Waals surface area contributed by atoms with E-state index in [1.165, 1.54) is 11.2 Å². The summed E-state index contributed by atoms with van der Waals surface area (Å²) >= 11 is 3.28. The van der Waals surface area contributed by atoms with E-state index in [0.717, 1.165) is 4.47 Å². The highest BCUT2D eigenvalue weighted by Gasteiger charge is 2.29. The number of hydrogen-bond donors (Lipinski definition) is 1. The summed E-state index contributed by atoms with van der Waals surface area (Å²) in [5.74, 6) is -0.252. The number of piperazine rings is 1. The maximum absolute atomic E-state index is 12.6. The molecular weight excluding hydrogens is 398 g/mol. The molecule has 0 atom stereocenters. The molecule has 0 spiro atoms. The fourth-order valence-corrected chi connectivity index (χ4v) is 4.12. The quantitative estimate of drug-likeness (QED) is 0.767. The standard InChI is InChI=1S/C15H20BrN3O4S/c1-12(20)17-7-6-15(21)18-8-10-19(11-9-18)24(22,23)14-4-2-13(16)3-5-14/h2-5H,6-11H2,1H3,(H,17,20). The highest BCUT2D eigenvalue weighted by Crippen LogP contribution is 2.20. The molecule has 1 aromatic rings. The maximum atomic E-state index is 12.6. The molecule has 1 saturated heterocycles. The van der Waals surface area contributed by atoms with Gasteiger partial charge in [-0.3, -0.25) is 9.59 Å². The molecule has 1 aromatic carbocycles. The molecule has 0 bridgehead atoms. The first-order valence-electron chi connectivity index (χ1n) is 7.58. The Hall–Kier alpha value is -1.45. The largest absolute Gasteiger partial charge is 0.356 e. The van der Waals surface area contributed by atoms with E-state index in [0.29, 0.717) is 19.6 Å². The van der Waals surface area contributed by atoms with Crippen LogP contribution in [0.2, 0.25) is 0 Å². The molecule has 0 unspecified atom stereocenters. The van der Waals surface area contributed by atoms with E-state index in [1.54, 1.807) is 29.2 Å². The van der Waals surface area contributed by atoms with Gasteiger partial charge in [-0.25, -0.2) is 8.42 Å². The average Bonchev–Trinajstić information content (AvgIpc) is 2.55. The smallest absolute Gasteiger partial charge is 0.243 e. The Morgan fingerprint density at radius 1 is 1.12 bits per heavy atom. The third-order valence-corrected chi connectivity index (χ3v) is 6.20. The summed E-state index contributed by atoms with van der Waals surface area (Å²) in [4.78, 5) is 24.7. The van der Waals surface area contributed by atoms with Crippen LogP contribution in [0.3, 0.4) is 0 Å². The molecule has 2 amide bonds. The van der Waals surface area contributed by atoms with Crippen molar-refractivity contribution in [2.75, 3.05) is 32.7 Å². The Morgan fingerprint density at radius 3 is 2.25 bits per heavy atom. The number of nitrogens with one attached hydrogen (secondary N) is 1. The van der Waals surface area contributed by atoms with Gasteiger partial charge in [0.05, 0.1) is 4.90 Å². The number of hydrogen-bond acceptors (Lipinski definition) is 4. The molecule has 0 saturated carbocycles. The molecule has 1 heterocycles. The van der Waals surface area contributed by atoms with Gasteiger partial charge in [0.15, 0.2) is 0 Å². The lowest BCUT2D eigenvalue weighted by molar-refractivity contribution is -0.132. The third-order valence-electron chi connectivity index (χ3n) is 3.76. The fraction of sp³-hybridized carbons (Fsp3) is 0.467. The summed E-state index contributed by atoms with van der Waals surface area (Å²) in [5.41, 5.74) is 0. The third kappa shape index (κ3) is 4.78. The Balaban J connectivity index is 1.91. The highest BCUT2D eigenvalue weighted by atomic mass is 79.9.